The molecule has 0 aliphatic rings. The quantitative estimate of drug-likeness (QED) is 0.379. The monoisotopic (exact) mass is 297 g/mol. The molecule has 0 aliphatic heterocycles. The molecule has 1 heterocycles. The van der Waals surface area contributed by atoms with Crippen molar-refractivity contribution in [2.45, 2.75) is 0 Å². The lowest BCUT2D eigenvalue weighted by Gasteiger charge is -2.12. The van der Waals surface area contributed by atoms with Crippen LogP contribution in [0.5, 0.6) is 0 Å². The Labute approximate surface area is 130 Å². The molecule has 0 fully saturated rings. The fourth-order valence-electron chi connectivity index (χ4n) is 3.85. The highest BCUT2D eigenvalue weighted by Crippen LogP contribution is 2.42. The molecule has 0 radical (unpaired) electrons. The number of rotatable bonds is 2. The second kappa shape index (κ2) is 4.17. The first-order valence-corrected chi connectivity index (χ1v) is 7.45. The van der Waals surface area contributed by atoms with Crippen molar-refractivity contribution in [2.75, 3.05) is 0 Å². The van der Waals surface area contributed by atoms with Crippen molar-refractivity contribution < 1.29 is 9.59 Å². The van der Waals surface area contributed by atoms with Gasteiger partial charge in [0.25, 0.3) is 0 Å². The summed E-state index contributed by atoms with van der Waals surface area (Å²) in [7, 11) is 0. The topological polar surface area (TPSA) is 49.9 Å². The van der Waals surface area contributed by atoms with Gasteiger partial charge in [0.05, 0.1) is 11.4 Å². The molecule has 0 aliphatic carbocycles. The normalized spacial score (nSPS) is 11.8. The Bertz CT molecular complexity index is 1150. The minimum absolute atomic E-state index is 0.459. The number of carbonyl (C=O) groups excluding carboxylic acids is 2. The lowest BCUT2D eigenvalue weighted by atomic mass is 9.90. The van der Waals surface area contributed by atoms with Crippen molar-refractivity contribution in [2.24, 2.45) is 0 Å². The zero-order chi connectivity index (χ0) is 15.6. The van der Waals surface area contributed by atoms with E-state index in [0.717, 1.165) is 55.7 Å². The van der Waals surface area contributed by atoms with Crippen LogP contribution in [-0.4, -0.2) is 17.6 Å². The lowest BCUT2D eigenvalue weighted by molar-refractivity contribution is 0.112. The van der Waals surface area contributed by atoms with Crippen LogP contribution < -0.4 is 0 Å². The molecule has 1 aromatic heterocycles. The van der Waals surface area contributed by atoms with Crippen LogP contribution in [0, 0.1) is 0 Å². The maximum atomic E-state index is 11.5. The molecule has 0 spiro atoms. The zero-order valence-electron chi connectivity index (χ0n) is 12.1. The number of hydrogen-bond donors (Lipinski definition) is 1. The predicted molar refractivity (Wildman–Crippen MR) is 92.8 cm³/mol. The first-order chi connectivity index (χ1) is 11.3. The SMILES string of the molecule is O=Cc1[nH]c(C=O)c2c3cccc4ccc5cccc(c12)c5c43. The minimum atomic E-state index is 0.459. The average Bonchev–Trinajstić information content (AvgIpc) is 2.99. The molecule has 0 unspecified atom stereocenters. The Hall–Kier alpha value is -3.20. The molecule has 0 saturated carbocycles. The van der Waals surface area contributed by atoms with Crippen LogP contribution >= 0.6 is 0 Å². The van der Waals surface area contributed by atoms with Gasteiger partial charge in [0.1, 0.15) is 0 Å². The van der Waals surface area contributed by atoms with Crippen molar-refractivity contribution in [3.05, 3.63) is 59.9 Å². The van der Waals surface area contributed by atoms with E-state index in [1.807, 2.05) is 24.3 Å². The van der Waals surface area contributed by atoms with Gasteiger partial charge in [-0.3, -0.25) is 9.59 Å². The number of hydrogen-bond acceptors (Lipinski definition) is 2. The van der Waals surface area contributed by atoms with Crippen molar-refractivity contribution in [3.63, 3.8) is 0 Å². The van der Waals surface area contributed by atoms with Gasteiger partial charge in [-0.25, -0.2) is 0 Å². The first-order valence-electron chi connectivity index (χ1n) is 7.45. The van der Waals surface area contributed by atoms with Crippen LogP contribution in [-0.2, 0) is 0 Å². The summed E-state index contributed by atoms with van der Waals surface area (Å²) >= 11 is 0. The number of aromatic nitrogens is 1. The highest BCUT2D eigenvalue weighted by Gasteiger charge is 2.19. The van der Waals surface area contributed by atoms with E-state index in [2.05, 4.69) is 29.2 Å². The largest absolute Gasteiger partial charge is 0.349 e. The standard InChI is InChI=1S/C20H11NO2/c22-9-15-19-13-5-1-3-11-7-8-12-4-2-6-14(18(12)17(11)13)20(19)16(10-23)21-15/h1-10,21H. The molecule has 3 heteroatoms. The van der Waals surface area contributed by atoms with E-state index in [0.29, 0.717) is 11.4 Å². The smallest absolute Gasteiger partial charge is 0.166 e. The van der Waals surface area contributed by atoms with Gasteiger partial charge in [-0.2, -0.15) is 0 Å². The van der Waals surface area contributed by atoms with Crippen LogP contribution in [0.3, 0.4) is 0 Å². The molecule has 4 aromatic carbocycles. The van der Waals surface area contributed by atoms with Crippen molar-refractivity contribution >= 4 is 55.7 Å². The fraction of sp³-hybridized carbons (Fsp3) is 0. The summed E-state index contributed by atoms with van der Waals surface area (Å²) in [5.41, 5.74) is 0.919. The first kappa shape index (κ1) is 12.4. The molecular weight excluding hydrogens is 286 g/mol. The number of benzene rings is 4. The van der Waals surface area contributed by atoms with Gasteiger partial charge in [0, 0.05) is 10.8 Å². The van der Waals surface area contributed by atoms with E-state index in [4.69, 9.17) is 0 Å². The Morgan fingerprint density at radius 2 is 1.09 bits per heavy atom. The molecule has 0 atom stereocenters. The third kappa shape index (κ3) is 1.39. The van der Waals surface area contributed by atoms with E-state index in [1.165, 1.54) is 0 Å². The Morgan fingerprint density at radius 3 is 1.52 bits per heavy atom. The number of aromatic amines is 1. The van der Waals surface area contributed by atoms with Gasteiger partial charge in [-0.05, 0) is 32.3 Å². The maximum Gasteiger partial charge on any atom is 0.166 e. The van der Waals surface area contributed by atoms with Gasteiger partial charge in [-0.15, -0.1) is 0 Å². The summed E-state index contributed by atoms with van der Waals surface area (Å²) in [5, 5.41) is 8.25. The second-order valence-electron chi connectivity index (χ2n) is 5.81. The molecule has 1 N–H and O–H groups in total. The van der Waals surface area contributed by atoms with Gasteiger partial charge in [0.15, 0.2) is 12.6 Å². The fourth-order valence-corrected chi connectivity index (χ4v) is 3.85. The third-order valence-electron chi connectivity index (χ3n) is 4.72. The van der Waals surface area contributed by atoms with E-state index in [1.54, 1.807) is 0 Å². The summed E-state index contributed by atoms with van der Waals surface area (Å²) in [6, 6.07) is 16.4. The molecule has 5 aromatic rings. The van der Waals surface area contributed by atoms with Crippen LogP contribution in [0.15, 0.2) is 48.5 Å². The number of fused-ring (bicyclic) bond motifs is 3. The van der Waals surface area contributed by atoms with Gasteiger partial charge < -0.3 is 4.98 Å². The predicted octanol–water partition coefficient (Wildman–Crippen LogP) is 4.69. The summed E-state index contributed by atoms with van der Waals surface area (Å²) in [5.74, 6) is 0. The molecule has 5 rings (SSSR count). The number of H-pyrrole nitrogens is 1. The molecular formula is C20H11NO2. The van der Waals surface area contributed by atoms with Crippen LogP contribution in [0.4, 0.5) is 0 Å². The van der Waals surface area contributed by atoms with Crippen LogP contribution in [0.1, 0.15) is 21.0 Å². The molecule has 0 bridgehead atoms. The summed E-state index contributed by atoms with van der Waals surface area (Å²) in [4.78, 5) is 26.0. The summed E-state index contributed by atoms with van der Waals surface area (Å²) in [6.07, 6.45) is 1.58. The number of aldehydes is 2. The zero-order valence-corrected chi connectivity index (χ0v) is 12.1. The van der Waals surface area contributed by atoms with Crippen molar-refractivity contribution in [3.8, 4) is 0 Å². The van der Waals surface area contributed by atoms with Crippen LogP contribution in [0.25, 0.3) is 43.1 Å². The van der Waals surface area contributed by atoms with Crippen LogP contribution in [0.2, 0.25) is 0 Å². The van der Waals surface area contributed by atoms with E-state index >= 15 is 0 Å². The molecule has 3 nitrogen and oxygen atoms in total. The van der Waals surface area contributed by atoms with E-state index < -0.39 is 0 Å². The third-order valence-corrected chi connectivity index (χ3v) is 4.72. The lowest BCUT2D eigenvalue weighted by Crippen LogP contribution is -1.87. The Kier molecular flexibility index (Phi) is 2.24. The number of carbonyl (C=O) groups is 2. The highest BCUT2D eigenvalue weighted by atomic mass is 16.1. The summed E-state index contributed by atoms with van der Waals surface area (Å²) in [6.45, 7) is 0. The molecule has 23 heavy (non-hydrogen) atoms. The summed E-state index contributed by atoms with van der Waals surface area (Å²) < 4.78 is 0. The van der Waals surface area contributed by atoms with E-state index in [-0.39, 0.29) is 0 Å². The Morgan fingerprint density at radius 1 is 0.609 bits per heavy atom. The second-order valence-corrected chi connectivity index (χ2v) is 5.81. The molecule has 0 amide bonds. The van der Waals surface area contributed by atoms with Crippen molar-refractivity contribution in [1.29, 1.82) is 0 Å². The molecule has 108 valence electrons. The molecule has 0 saturated heterocycles. The van der Waals surface area contributed by atoms with Crippen molar-refractivity contribution in [1.82, 2.24) is 4.98 Å². The Balaban J connectivity index is 2.30. The van der Waals surface area contributed by atoms with Gasteiger partial charge >= 0.3 is 0 Å². The van der Waals surface area contributed by atoms with Gasteiger partial charge in [-0.1, -0.05) is 48.5 Å². The highest BCUT2D eigenvalue weighted by molar-refractivity contribution is 6.36. The minimum Gasteiger partial charge on any atom is -0.349 e. The van der Waals surface area contributed by atoms with Gasteiger partial charge in [0.2, 0.25) is 0 Å². The van der Waals surface area contributed by atoms with E-state index in [9.17, 15) is 9.59 Å². The average molecular weight is 297 g/mol. The number of nitrogens with one attached hydrogen (secondary N) is 1. The maximum absolute atomic E-state index is 11.5.